The summed E-state index contributed by atoms with van der Waals surface area (Å²) in [6.45, 7) is 3.19. The molecule has 3 heterocycles. The first kappa shape index (κ1) is 15.9. The van der Waals surface area contributed by atoms with Crippen LogP contribution in [0.25, 0.3) is 0 Å². The summed E-state index contributed by atoms with van der Waals surface area (Å²) in [6.07, 6.45) is 6.07. The highest BCUT2D eigenvalue weighted by Gasteiger charge is 2.41. The number of nitrogens with one attached hydrogen (secondary N) is 1. The van der Waals surface area contributed by atoms with Gasteiger partial charge < -0.3 is 10.1 Å². The largest absolute Gasteiger partial charge is 0.375 e. The molecule has 2 atom stereocenters. The Morgan fingerprint density at radius 3 is 2.86 bits per heavy atom. The summed E-state index contributed by atoms with van der Waals surface area (Å²) < 4.78 is 6.26. The molecule has 1 spiro atoms. The van der Waals surface area contributed by atoms with Crippen molar-refractivity contribution in [2.45, 2.75) is 50.7 Å². The summed E-state index contributed by atoms with van der Waals surface area (Å²) >= 11 is 4.07. The van der Waals surface area contributed by atoms with Crippen molar-refractivity contribution in [3.05, 3.63) is 21.9 Å². The van der Waals surface area contributed by atoms with Gasteiger partial charge in [0.15, 0.2) is 0 Å². The normalized spacial score (nSPS) is 26.9. The van der Waals surface area contributed by atoms with E-state index in [1.54, 1.807) is 0 Å². The van der Waals surface area contributed by atoms with E-state index in [-0.39, 0.29) is 5.60 Å². The van der Waals surface area contributed by atoms with E-state index in [0.717, 1.165) is 18.9 Å². The lowest BCUT2D eigenvalue weighted by atomic mass is 9.78. The Morgan fingerprint density at radius 1 is 1.38 bits per heavy atom. The Morgan fingerprint density at radius 2 is 2.19 bits per heavy atom. The molecule has 2 nitrogen and oxygen atoms in total. The van der Waals surface area contributed by atoms with Crippen LogP contribution in [0.1, 0.15) is 48.4 Å². The number of rotatable bonds is 4. The maximum atomic E-state index is 6.26. The molecule has 2 aliphatic heterocycles. The molecule has 0 radical (unpaired) electrons. The molecule has 0 bridgehead atoms. The average molecular weight is 326 g/mol. The molecule has 2 fully saturated rings. The Balaban J connectivity index is 1.73. The summed E-state index contributed by atoms with van der Waals surface area (Å²) in [4.78, 5) is 3.02. The molecule has 2 unspecified atom stereocenters. The summed E-state index contributed by atoms with van der Waals surface area (Å²) in [6, 6.07) is 5.14. The highest BCUT2D eigenvalue weighted by atomic mass is 32.2. The van der Waals surface area contributed by atoms with Crippen LogP contribution in [0.3, 0.4) is 0 Å². The number of aryl methyl sites for hydroxylation is 1. The molecule has 0 amide bonds. The zero-order valence-corrected chi connectivity index (χ0v) is 14.8. The summed E-state index contributed by atoms with van der Waals surface area (Å²) in [5.74, 6) is 3.27. The summed E-state index contributed by atoms with van der Waals surface area (Å²) in [5, 5.41) is 3.60. The Hall–Kier alpha value is -0.0300. The lowest BCUT2D eigenvalue weighted by Gasteiger charge is -2.45. The fourth-order valence-electron chi connectivity index (χ4n) is 3.80. The van der Waals surface area contributed by atoms with Crippen molar-refractivity contribution < 1.29 is 4.74 Å². The van der Waals surface area contributed by atoms with Gasteiger partial charge >= 0.3 is 0 Å². The van der Waals surface area contributed by atoms with Crippen LogP contribution >= 0.6 is 23.1 Å². The van der Waals surface area contributed by atoms with Gasteiger partial charge in [-0.1, -0.05) is 6.92 Å². The average Bonchev–Trinajstić information content (AvgIpc) is 2.98. The predicted molar refractivity (Wildman–Crippen MR) is 93.5 cm³/mol. The summed E-state index contributed by atoms with van der Waals surface area (Å²) in [5.41, 5.74) is 0.189. The second-order valence-electron chi connectivity index (χ2n) is 6.32. The van der Waals surface area contributed by atoms with Crippen molar-refractivity contribution in [1.29, 1.82) is 0 Å². The fourth-order valence-corrected chi connectivity index (χ4v) is 6.20. The van der Waals surface area contributed by atoms with Gasteiger partial charge in [0.05, 0.1) is 5.60 Å². The van der Waals surface area contributed by atoms with E-state index < -0.39 is 0 Å². The van der Waals surface area contributed by atoms with E-state index in [9.17, 15) is 0 Å². The van der Waals surface area contributed by atoms with Crippen LogP contribution in [0.15, 0.2) is 12.1 Å². The number of hydrogen-bond donors (Lipinski definition) is 1. The van der Waals surface area contributed by atoms with Gasteiger partial charge in [-0.15, -0.1) is 11.3 Å². The van der Waals surface area contributed by atoms with Crippen LogP contribution < -0.4 is 5.32 Å². The Bertz CT molecular complexity index is 448. The Labute approximate surface area is 137 Å². The number of ether oxygens (including phenoxy) is 1. The minimum atomic E-state index is 0.189. The molecule has 0 aromatic carbocycles. The smallest absolute Gasteiger partial charge is 0.0701 e. The lowest BCUT2D eigenvalue weighted by Crippen LogP contribution is -2.45. The van der Waals surface area contributed by atoms with Gasteiger partial charge in [0.2, 0.25) is 0 Å². The van der Waals surface area contributed by atoms with Crippen LogP contribution in [-0.4, -0.2) is 30.8 Å². The van der Waals surface area contributed by atoms with E-state index in [0.29, 0.717) is 6.04 Å². The van der Waals surface area contributed by atoms with Gasteiger partial charge in [0.1, 0.15) is 0 Å². The fraction of sp³-hybridized carbons (Fsp3) is 0.765. The van der Waals surface area contributed by atoms with Gasteiger partial charge in [0, 0.05) is 22.4 Å². The van der Waals surface area contributed by atoms with E-state index in [1.807, 2.05) is 11.3 Å². The zero-order valence-electron chi connectivity index (χ0n) is 13.2. The summed E-state index contributed by atoms with van der Waals surface area (Å²) in [7, 11) is 2.12. The molecule has 4 heteroatoms. The first-order valence-electron chi connectivity index (χ1n) is 8.24. The van der Waals surface area contributed by atoms with Crippen molar-refractivity contribution in [2.75, 3.05) is 25.2 Å². The quantitative estimate of drug-likeness (QED) is 0.893. The highest BCUT2D eigenvalue weighted by Crippen LogP contribution is 2.44. The Kier molecular flexibility index (Phi) is 5.31. The van der Waals surface area contributed by atoms with Crippen molar-refractivity contribution in [3.63, 3.8) is 0 Å². The SMILES string of the molecule is CCc1ccc(C(NC)C2CCOC3(CCSCC3)C2)s1. The molecule has 2 saturated heterocycles. The van der Waals surface area contributed by atoms with Crippen molar-refractivity contribution in [3.8, 4) is 0 Å². The maximum absolute atomic E-state index is 6.26. The van der Waals surface area contributed by atoms with Crippen LogP contribution in [-0.2, 0) is 11.2 Å². The third-order valence-corrected chi connectivity index (χ3v) is 7.35. The van der Waals surface area contributed by atoms with Crippen molar-refractivity contribution in [2.24, 2.45) is 5.92 Å². The van der Waals surface area contributed by atoms with E-state index >= 15 is 0 Å². The molecule has 118 valence electrons. The van der Waals surface area contributed by atoms with Gasteiger partial charge in [-0.2, -0.15) is 11.8 Å². The van der Waals surface area contributed by atoms with Crippen molar-refractivity contribution >= 4 is 23.1 Å². The van der Waals surface area contributed by atoms with Gasteiger partial charge in [-0.25, -0.2) is 0 Å². The van der Waals surface area contributed by atoms with E-state index in [1.165, 1.54) is 46.9 Å². The molecule has 2 aliphatic rings. The number of thiophene rings is 1. The molecule has 3 rings (SSSR count). The van der Waals surface area contributed by atoms with E-state index in [2.05, 4.69) is 43.2 Å². The highest BCUT2D eigenvalue weighted by molar-refractivity contribution is 7.99. The standard InChI is InChI=1S/C17H27NOS2/c1-3-14-4-5-15(21-14)16(18-2)13-6-9-19-17(12-13)7-10-20-11-8-17/h4-5,13,16,18H,3,6-12H2,1-2H3. The minimum Gasteiger partial charge on any atom is -0.375 e. The first-order chi connectivity index (χ1) is 10.3. The number of hydrogen-bond acceptors (Lipinski definition) is 4. The van der Waals surface area contributed by atoms with Crippen LogP contribution in [0.5, 0.6) is 0 Å². The molecular weight excluding hydrogens is 298 g/mol. The van der Waals surface area contributed by atoms with Gasteiger partial charge in [-0.3, -0.25) is 0 Å². The molecule has 0 aliphatic carbocycles. The van der Waals surface area contributed by atoms with Gasteiger partial charge in [0.25, 0.3) is 0 Å². The molecule has 1 aromatic heterocycles. The minimum absolute atomic E-state index is 0.189. The molecule has 21 heavy (non-hydrogen) atoms. The molecule has 0 saturated carbocycles. The van der Waals surface area contributed by atoms with Crippen LogP contribution in [0.4, 0.5) is 0 Å². The first-order valence-corrected chi connectivity index (χ1v) is 10.2. The van der Waals surface area contributed by atoms with E-state index in [4.69, 9.17) is 4.74 Å². The van der Waals surface area contributed by atoms with Crippen LogP contribution in [0, 0.1) is 5.92 Å². The van der Waals surface area contributed by atoms with Gasteiger partial charge in [-0.05, 0) is 68.7 Å². The number of thioether (sulfide) groups is 1. The molecular formula is C17H27NOS2. The second-order valence-corrected chi connectivity index (χ2v) is 8.75. The zero-order chi connectivity index (χ0) is 14.7. The topological polar surface area (TPSA) is 21.3 Å². The predicted octanol–water partition coefficient (Wildman–Crippen LogP) is 4.26. The molecule has 1 aromatic rings. The second kappa shape index (κ2) is 7.03. The third kappa shape index (κ3) is 3.49. The van der Waals surface area contributed by atoms with Crippen LogP contribution in [0.2, 0.25) is 0 Å². The maximum Gasteiger partial charge on any atom is 0.0701 e. The third-order valence-electron chi connectivity index (χ3n) is 5.05. The molecule has 1 N–H and O–H groups in total. The lowest BCUT2D eigenvalue weighted by molar-refractivity contribution is -0.107. The monoisotopic (exact) mass is 325 g/mol. The van der Waals surface area contributed by atoms with Crippen molar-refractivity contribution in [1.82, 2.24) is 5.32 Å².